The molecule has 21 nitrogen and oxygen atoms in total. The summed E-state index contributed by atoms with van der Waals surface area (Å²) in [6.07, 6.45) is -1.35. The third-order valence-corrected chi connectivity index (χ3v) is 13.5. The van der Waals surface area contributed by atoms with E-state index in [9.17, 15) is 32.3 Å². The van der Waals surface area contributed by atoms with Crippen molar-refractivity contribution in [2.75, 3.05) is 195 Å². The van der Waals surface area contributed by atoms with Crippen LogP contribution in [0.15, 0.2) is 85.1 Å². The second-order valence-corrected chi connectivity index (χ2v) is 19.7. The number of hydrogen-bond acceptors (Lipinski definition) is 17. The summed E-state index contributed by atoms with van der Waals surface area (Å²) in [5.41, 5.74) is 3.63. The summed E-state index contributed by atoms with van der Waals surface area (Å²) in [7, 11) is 1.65. The molecule has 0 spiro atoms. The van der Waals surface area contributed by atoms with Gasteiger partial charge in [-0.05, 0) is 106 Å². The Bertz CT molecular complexity index is 2560. The number of carbonyl (C=O) groups excluding carboxylic acids is 4. The molecule has 0 atom stereocenters. The fraction of sp³-hybridized carbons (Fsp3) is 0.578. The first-order valence-electron chi connectivity index (χ1n) is 30.3. The van der Waals surface area contributed by atoms with Gasteiger partial charge in [-0.2, -0.15) is 13.2 Å². The van der Waals surface area contributed by atoms with Gasteiger partial charge in [-0.15, -0.1) is 0 Å². The summed E-state index contributed by atoms with van der Waals surface area (Å²) in [5.74, 6) is -0.914. The average molecular weight is 1240 g/mol. The normalized spacial score (nSPS) is 12.5. The number of piperazine rings is 1. The van der Waals surface area contributed by atoms with Crippen molar-refractivity contribution < 1.29 is 84.5 Å². The van der Waals surface area contributed by atoms with E-state index in [0.29, 0.717) is 180 Å². The highest BCUT2D eigenvalue weighted by Gasteiger charge is 2.30. The maximum Gasteiger partial charge on any atom is 0.416 e. The Kier molecular flexibility index (Phi) is 38.1. The van der Waals surface area contributed by atoms with Crippen molar-refractivity contribution >= 4 is 35.0 Å². The molecule has 0 bridgehead atoms. The lowest BCUT2D eigenvalue weighted by Crippen LogP contribution is -2.52. The van der Waals surface area contributed by atoms with E-state index < -0.39 is 17.6 Å². The minimum atomic E-state index is -4.50. The van der Waals surface area contributed by atoms with Crippen LogP contribution in [-0.2, 0) is 80.8 Å². The molecule has 490 valence electrons. The number of aryl methyl sites for hydroxylation is 1. The standard InChI is InChI=1S/C49H61F3N6O8.C15H32O7/c1-4-56(5-2)41-15-16-43(42(33-41)44-32-39(17-19-53-44)47(61)54-34-37-11-8-14-40(31-37)49(50,51)52)55-48(62)38-13-7-10-36(30-38)12-9-22-63-24-26-65-28-29-66-27-25-64-23-18-45(59)58-21-20-57(6-3)46(60)35-58;1-3-17-6-7-19-10-11-21-14-15-22-13-12-20-9-8-18-5-4-16-2/h7-8,10-11,13-17,19,30-33H,4-6,9,12,18,20-29,34-35H2,1-3H3,(H,54,61)(H,55,62);3-15H2,1-2H3. The fourth-order valence-corrected chi connectivity index (χ4v) is 8.66. The van der Waals surface area contributed by atoms with Crippen LogP contribution in [0.1, 0.15) is 77.9 Å². The second kappa shape index (κ2) is 45.1. The summed E-state index contributed by atoms with van der Waals surface area (Å²) in [6, 6.07) is 21.0. The quantitative estimate of drug-likeness (QED) is 0.0407. The summed E-state index contributed by atoms with van der Waals surface area (Å²) in [5, 5.41) is 5.74. The number of methoxy groups -OCH3 is 1. The van der Waals surface area contributed by atoms with Crippen LogP contribution < -0.4 is 15.5 Å². The fourth-order valence-electron chi connectivity index (χ4n) is 8.66. The highest BCUT2D eigenvalue weighted by Crippen LogP contribution is 2.33. The molecule has 4 aromatic rings. The Morgan fingerprint density at radius 3 is 1.69 bits per heavy atom. The number of likely N-dealkylation sites (N-methyl/N-ethyl adjacent to an activating group) is 1. The van der Waals surface area contributed by atoms with Gasteiger partial charge in [-0.1, -0.05) is 24.3 Å². The number of alkyl halides is 3. The van der Waals surface area contributed by atoms with Crippen LogP contribution in [0.5, 0.6) is 0 Å². The highest BCUT2D eigenvalue weighted by atomic mass is 19.4. The van der Waals surface area contributed by atoms with Crippen LogP contribution in [0.3, 0.4) is 0 Å². The number of rotatable bonds is 45. The molecular formula is C64H93F3N6O15. The van der Waals surface area contributed by atoms with Crippen molar-refractivity contribution in [1.29, 1.82) is 0 Å². The lowest BCUT2D eigenvalue weighted by Gasteiger charge is -2.33. The molecule has 0 aliphatic carbocycles. The predicted octanol–water partition coefficient (Wildman–Crippen LogP) is 7.63. The lowest BCUT2D eigenvalue weighted by atomic mass is 10.0. The van der Waals surface area contributed by atoms with Gasteiger partial charge in [-0.25, -0.2) is 0 Å². The van der Waals surface area contributed by atoms with E-state index in [2.05, 4.69) is 20.5 Å². The van der Waals surface area contributed by atoms with Crippen molar-refractivity contribution in [2.45, 2.75) is 59.7 Å². The first kappa shape index (κ1) is 74.3. The third kappa shape index (κ3) is 30.4. The Morgan fingerprint density at radius 1 is 0.591 bits per heavy atom. The van der Waals surface area contributed by atoms with Crippen LogP contribution in [0, 0.1) is 0 Å². The van der Waals surface area contributed by atoms with Crippen LogP contribution in [0.25, 0.3) is 11.3 Å². The van der Waals surface area contributed by atoms with E-state index in [1.807, 2.05) is 64.1 Å². The number of anilines is 2. The lowest BCUT2D eigenvalue weighted by molar-refractivity contribution is -0.145. The van der Waals surface area contributed by atoms with E-state index in [-0.39, 0.29) is 49.4 Å². The van der Waals surface area contributed by atoms with E-state index in [1.165, 1.54) is 24.4 Å². The molecule has 3 aromatic carbocycles. The molecule has 88 heavy (non-hydrogen) atoms. The molecule has 0 unspecified atom stereocenters. The Morgan fingerprint density at radius 2 is 1.14 bits per heavy atom. The van der Waals surface area contributed by atoms with E-state index in [0.717, 1.165) is 49.5 Å². The third-order valence-electron chi connectivity index (χ3n) is 13.5. The van der Waals surface area contributed by atoms with Gasteiger partial charge in [0.05, 0.1) is 155 Å². The topological polar surface area (TPSA) is 216 Å². The average Bonchev–Trinajstić information content (AvgIpc) is 2.06. The molecule has 24 heteroatoms. The molecule has 1 fully saturated rings. The molecule has 4 amide bonds. The van der Waals surface area contributed by atoms with Gasteiger partial charge in [0, 0.05) is 88.2 Å². The molecule has 1 saturated heterocycles. The molecule has 0 saturated carbocycles. The Labute approximate surface area is 517 Å². The van der Waals surface area contributed by atoms with Crippen LogP contribution in [-0.4, -0.2) is 224 Å². The summed E-state index contributed by atoms with van der Waals surface area (Å²) >= 11 is 0. The van der Waals surface area contributed by atoms with Gasteiger partial charge >= 0.3 is 6.18 Å². The van der Waals surface area contributed by atoms with Crippen molar-refractivity contribution in [3.05, 3.63) is 113 Å². The molecule has 5 rings (SSSR count). The Hall–Kier alpha value is -6.16. The number of nitrogens with zero attached hydrogens (tertiary/aromatic N) is 4. The molecule has 1 aliphatic rings. The monoisotopic (exact) mass is 1240 g/mol. The van der Waals surface area contributed by atoms with E-state index >= 15 is 0 Å². The largest absolute Gasteiger partial charge is 0.416 e. The van der Waals surface area contributed by atoms with Crippen molar-refractivity contribution in [2.24, 2.45) is 0 Å². The van der Waals surface area contributed by atoms with E-state index in [1.54, 1.807) is 29.0 Å². The molecule has 2 N–H and O–H groups in total. The van der Waals surface area contributed by atoms with Gasteiger partial charge in [0.25, 0.3) is 11.8 Å². The van der Waals surface area contributed by atoms with Gasteiger partial charge < -0.3 is 77.4 Å². The molecular weight excluding hydrogens is 1150 g/mol. The minimum Gasteiger partial charge on any atom is -0.382 e. The van der Waals surface area contributed by atoms with Gasteiger partial charge in [-0.3, -0.25) is 24.2 Å². The zero-order chi connectivity index (χ0) is 63.5. The number of halogens is 3. The maximum absolute atomic E-state index is 13.7. The van der Waals surface area contributed by atoms with E-state index in [4.69, 9.17) is 52.1 Å². The first-order chi connectivity index (χ1) is 42.8. The SMILES string of the molecule is CCN1CCN(C(=O)CCOCCOCCOCCOCCCc2cccc(C(=O)Nc3ccc(N(CC)CC)cc3-c3cc(C(=O)NCc4cccc(C(F)(F)F)c4)ccn3)c2)CC1=O.CCOCCOCCOCCOCCOCCOCCOC. The number of pyridine rings is 1. The number of ether oxygens (including phenoxy) is 11. The van der Waals surface area contributed by atoms with Gasteiger partial charge in [0.15, 0.2) is 0 Å². The number of benzene rings is 3. The van der Waals surface area contributed by atoms with Crippen LogP contribution in [0.4, 0.5) is 24.5 Å². The van der Waals surface area contributed by atoms with Crippen LogP contribution >= 0.6 is 0 Å². The molecule has 2 heterocycles. The van der Waals surface area contributed by atoms with Gasteiger partial charge in [0.1, 0.15) is 0 Å². The second-order valence-electron chi connectivity index (χ2n) is 19.7. The number of hydrogen-bond donors (Lipinski definition) is 2. The number of nitrogens with one attached hydrogen (secondary N) is 2. The van der Waals surface area contributed by atoms with Crippen molar-refractivity contribution in [3.63, 3.8) is 0 Å². The maximum atomic E-state index is 13.7. The van der Waals surface area contributed by atoms with Crippen molar-refractivity contribution in [1.82, 2.24) is 20.1 Å². The number of carbonyl (C=O) groups is 4. The summed E-state index contributed by atoms with van der Waals surface area (Å²) in [4.78, 5) is 61.3. The summed E-state index contributed by atoms with van der Waals surface area (Å²) < 4.78 is 98.7. The van der Waals surface area contributed by atoms with Crippen LogP contribution in [0.2, 0.25) is 0 Å². The number of amides is 4. The smallest absolute Gasteiger partial charge is 0.382 e. The first-order valence-corrected chi connectivity index (χ1v) is 30.3. The highest BCUT2D eigenvalue weighted by molar-refractivity contribution is 6.06. The molecule has 1 aliphatic heterocycles. The Balaban J connectivity index is 0.000000637. The molecule has 1 aromatic heterocycles. The zero-order valence-corrected chi connectivity index (χ0v) is 52.0. The minimum absolute atomic E-state index is 0.0237. The summed E-state index contributed by atoms with van der Waals surface area (Å²) in [6.45, 7) is 22.2. The zero-order valence-electron chi connectivity index (χ0n) is 52.0. The van der Waals surface area contributed by atoms with Gasteiger partial charge in [0.2, 0.25) is 11.8 Å². The molecule has 0 radical (unpaired) electrons. The van der Waals surface area contributed by atoms with Crippen molar-refractivity contribution in [3.8, 4) is 11.3 Å². The number of aromatic nitrogens is 1. The predicted molar refractivity (Wildman–Crippen MR) is 328 cm³/mol.